The summed E-state index contributed by atoms with van der Waals surface area (Å²) >= 11 is 0. The van der Waals surface area contributed by atoms with Crippen LogP contribution in [-0.2, 0) is 12.7 Å². The van der Waals surface area contributed by atoms with E-state index in [0.717, 1.165) is 17.8 Å². The molecule has 1 aromatic heterocycles. The number of hydrogen-bond acceptors (Lipinski definition) is 5. The molecule has 0 aliphatic rings. The number of nitrogens with one attached hydrogen (secondary N) is 1. The smallest absolute Gasteiger partial charge is 0.375 e. The van der Waals surface area contributed by atoms with E-state index in [0.29, 0.717) is 5.69 Å². The van der Waals surface area contributed by atoms with Crippen molar-refractivity contribution in [3.05, 3.63) is 74.1 Å². The predicted octanol–water partition coefficient (Wildman–Crippen LogP) is 2.68. The van der Waals surface area contributed by atoms with Gasteiger partial charge in [-0.3, -0.25) is 19.6 Å². The number of alkyl halides is 3. The zero-order valence-electron chi connectivity index (χ0n) is 13.0. The average Bonchev–Trinajstić information content (AvgIpc) is 2.58. The van der Waals surface area contributed by atoms with Crippen molar-refractivity contribution in [2.45, 2.75) is 19.6 Å². The molecule has 2 aromatic carbocycles. The first-order valence-corrected chi connectivity index (χ1v) is 7.29. The van der Waals surface area contributed by atoms with Gasteiger partial charge in [-0.2, -0.15) is 13.2 Å². The van der Waals surface area contributed by atoms with Gasteiger partial charge in [0.1, 0.15) is 0 Å². The minimum absolute atomic E-state index is 0.0760. The highest BCUT2D eigenvalue weighted by Gasteiger charge is 2.30. The van der Waals surface area contributed by atoms with E-state index in [4.69, 9.17) is 0 Å². The normalized spacial score (nSPS) is 11.7. The molecule has 0 fully saturated rings. The number of hydrogen-bond donors (Lipinski definition) is 1. The van der Waals surface area contributed by atoms with Crippen molar-refractivity contribution in [3.63, 3.8) is 0 Å². The third kappa shape index (κ3) is 3.28. The van der Waals surface area contributed by atoms with Crippen LogP contribution in [0.15, 0.2) is 46.2 Å². The number of benzene rings is 1. The fourth-order valence-corrected chi connectivity index (χ4v) is 2.35. The molecular formula is C17H12F3N3O2. The molecule has 0 aliphatic carbocycles. The lowest BCUT2D eigenvalue weighted by atomic mass is 9.97. The van der Waals surface area contributed by atoms with Crippen molar-refractivity contribution in [1.29, 1.82) is 0 Å². The zero-order chi connectivity index (χ0) is 18.2. The summed E-state index contributed by atoms with van der Waals surface area (Å²) in [4.78, 5) is 31.8. The topological polar surface area (TPSA) is 72.0 Å². The van der Waals surface area contributed by atoms with Gasteiger partial charge in [0, 0.05) is 6.20 Å². The maximum atomic E-state index is 12.6. The van der Waals surface area contributed by atoms with Crippen LogP contribution < -0.4 is 16.2 Å². The number of nitrogens with zero attached hydrogens (tertiary/aromatic N) is 2. The molecule has 0 amide bonds. The zero-order valence-corrected chi connectivity index (χ0v) is 13.0. The molecule has 3 rings (SSSR count). The molecular weight excluding hydrogens is 335 g/mol. The minimum atomic E-state index is -4.46. The quantitative estimate of drug-likeness (QED) is 0.735. The van der Waals surface area contributed by atoms with Gasteiger partial charge in [0.2, 0.25) is 10.9 Å². The van der Waals surface area contributed by atoms with Gasteiger partial charge >= 0.3 is 6.18 Å². The van der Waals surface area contributed by atoms with E-state index in [9.17, 15) is 22.8 Å². The van der Waals surface area contributed by atoms with E-state index < -0.39 is 22.6 Å². The van der Waals surface area contributed by atoms with Crippen LogP contribution in [0.5, 0.6) is 0 Å². The standard InChI is InChI=1S/C17H12F3N3O2/c1-9-6-22-12(7-21-9)8-23-14-13(15(24)16(14)25)10-2-4-11(5-3-10)17(18,19)20/h2-7,23H,8H2,1H3. The largest absolute Gasteiger partial charge is 0.416 e. The number of anilines is 1. The van der Waals surface area contributed by atoms with Crippen molar-refractivity contribution in [2.24, 2.45) is 0 Å². The van der Waals surface area contributed by atoms with Crippen molar-refractivity contribution in [1.82, 2.24) is 9.97 Å². The highest BCUT2D eigenvalue weighted by atomic mass is 19.4. The molecule has 0 saturated carbocycles. The summed E-state index contributed by atoms with van der Waals surface area (Å²) in [5, 5.41) is 2.81. The second-order valence-electron chi connectivity index (χ2n) is 5.49. The van der Waals surface area contributed by atoms with Crippen LogP contribution >= 0.6 is 0 Å². The van der Waals surface area contributed by atoms with Gasteiger partial charge in [-0.05, 0) is 24.6 Å². The Hall–Kier alpha value is -3.03. The summed E-state index contributed by atoms with van der Waals surface area (Å²) in [5.74, 6) is 0. The van der Waals surface area contributed by atoms with E-state index in [1.54, 1.807) is 13.1 Å². The van der Waals surface area contributed by atoms with E-state index >= 15 is 0 Å². The lowest BCUT2D eigenvalue weighted by Crippen LogP contribution is -2.36. The third-order valence-corrected chi connectivity index (χ3v) is 3.69. The first-order valence-electron chi connectivity index (χ1n) is 7.29. The molecule has 0 spiro atoms. The molecule has 25 heavy (non-hydrogen) atoms. The van der Waals surface area contributed by atoms with Crippen LogP contribution in [0.2, 0.25) is 0 Å². The van der Waals surface area contributed by atoms with Crippen LogP contribution in [0.25, 0.3) is 11.1 Å². The van der Waals surface area contributed by atoms with Crippen molar-refractivity contribution in [2.75, 3.05) is 5.32 Å². The van der Waals surface area contributed by atoms with Gasteiger partial charge in [-0.15, -0.1) is 0 Å². The summed E-state index contributed by atoms with van der Waals surface area (Å²) in [5.41, 5.74) is -0.520. The molecule has 5 nitrogen and oxygen atoms in total. The first kappa shape index (κ1) is 16.8. The van der Waals surface area contributed by atoms with Crippen molar-refractivity contribution < 1.29 is 13.2 Å². The van der Waals surface area contributed by atoms with Crippen LogP contribution in [0.1, 0.15) is 17.0 Å². The molecule has 0 bridgehead atoms. The third-order valence-electron chi connectivity index (χ3n) is 3.69. The monoisotopic (exact) mass is 347 g/mol. The highest BCUT2D eigenvalue weighted by molar-refractivity contribution is 5.81. The Morgan fingerprint density at radius 2 is 1.68 bits per heavy atom. The number of rotatable bonds is 4. The molecule has 1 N–H and O–H groups in total. The SMILES string of the molecule is Cc1cnc(CNc2c(-c3ccc(C(F)(F)F)cc3)c(=O)c2=O)cn1. The summed E-state index contributed by atoms with van der Waals surface area (Å²) in [6.45, 7) is 1.95. The maximum Gasteiger partial charge on any atom is 0.416 e. The molecule has 0 unspecified atom stereocenters. The van der Waals surface area contributed by atoms with Crippen molar-refractivity contribution >= 4 is 5.69 Å². The van der Waals surface area contributed by atoms with Crippen LogP contribution in [0.4, 0.5) is 18.9 Å². The average molecular weight is 347 g/mol. The van der Waals surface area contributed by atoms with Crippen LogP contribution in [0, 0.1) is 6.92 Å². The Morgan fingerprint density at radius 3 is 2.24 bits per heavy atom. The second-order valence-corrected chi connectivity index (χ2v) is 5.49. The predicted molar refractivity (Wildman–Crippen MR) is 85.9 cm³/mol. The fraction of sp³-hybridized carbons (Fsp3) is 0.176. The Bertz CT molecular complexity index is 971. The molecule has 3 aromatic rings. The minimum Gasteiger partial charge on any atom is -0.375 e. The molecule has 1 heterocycles. The summed E-state index contributed by atoms with van der Waals surface area (Å²) in [6.07, 6.45) is -1.36. The van der Waals surface area contributed by atoms with E-state index in [2.05, 4.69) is 15.3 Å². The Labute approximate surface area is 139 Å². The Morgan fingerprint density at radius 1 is 1.00 bits per heavy atom. The molecule has 128 valence electrons. The van der Waals surface area contributed by atoms with E-state index in [1.165, 1.54) is 18.3 Å². The number of halogens is 3. The van der Waals surface area contributed by atoms with Gasteiger partial charge < -0.3 is 5.32 Å². The molecule has 0 atom stereocenters. The van der Waals surface area contributed by atoms with Crippen LogP contribution in [0.3, 0.4) is 0 Å². The molecule has 0 aliphatic heterocycles. The van der Waals surface area contributed by atoms with Gasteiger partial charge in [0.05, 0.1) is 40.9 Å². The summed E-state index contributed by atoms with van der Waals surface area (Å²) in [7, 11) is 0. The van der Waals surface area contributed by atoms with E-state index in [1.807, 2.05) is 0 Å². The highest BCUT2D eigenvalue weighted by Crippen LogP contribution is 2.31. The molecule has 0 radical (unpaired) electrons. The van der Waals surface area contributed by atoms with Gasteiger partial charge in [-0.1, -0.05) is 12.1 Å². The van der Waals surface area contributed by atoms with Crippen LogP contribution in [-0.4, -0.2) is 9.97 Å². The Balaban J connectivity index is 1.84. The second kappa shape index (κ2) is 6.12. The molecule has 8 heteroatoms. The van der Waals surface area contributed by atoms with Gasteiger partial charge in [-0.25, -0.2) is 0 Å². The lowest BCUT2D eigenvalue weighted by molar-refractivity contribution is -0.137. The first-order chi connectivity index (χ1) is 11.8. The molecule has 0 saturated heterocycles. The number of aryl methyl sites for hydroxylation is 1. The van der Waals surface area contributed by atoms with E-state index in [-0.39, 0.29) is 23.4 Å². The fourth-order valence-electron chi connectivity index (χ4n) is 2.35. The summed E-state index contributed by atoms with van der Waals surface area (Å²) < 4.78 is 37.8. The lowest BCUT2D eigenvalue weighted by Gasteiger charge is -2.14. The van der Waals surface area contributed by atoms with Gasteiger partial charge in [0.25, 0.3) is 0 Å². The number of aromatic nitrogens is 2. The maximum absolute atomic E-state index is 12.6. The Kier molecular flexibility index (Phi) is 4.12. The van der Waals surface area contributed by atoms with Gasteiger partial charge in [0.15, 0.2) is 0 Å². The van der Waals surface area contributed by atoms with Crippen molar-refractivity contribution in [3.8, 4) is 11.1 Å². The summed E-state index contributed by atoms with van der Waals surface area (Å²) in [6, 6.07) is 4.11.